The number of carboxylic acids is 2. The molecule has 0 unspecified atom stereocenters. The van der Waals surface area contributed by atoms with Crippen molar-refractivity contribution in [2.24, 2.45) is 0 Å². The fraction of sp³-hybridized carbons (Fsp3) is 0.643. The van der Waals surface area contributed by atoms with Crippen molar-refractivity contribution in [3.05, 3.63) is 12.2 Å². The molecule has 0 aliphatic rings. The third-order valence-corrected chi connectivity index (χ3v) is 2.24. The Labute approximate surface area is 114 Å². The van der Waals surface area contributed by atoms with Crippen LogP contribution in [0.4, 0.5) is 0 Å². The standard InChI is InChI=1S/C10H20O.C4H4O4/c1-3-5-7-9-10(11)8-6-4-2;5-3(6)1-2-4(7)8/h3-9H2,1-2H3;1-2H,(H,5,6)(H,7,8)/b;2-1+. The number of Topliss-reactive ketones (excluding diaryl/α,β-unsaturated/α-hetero) is 1. The topological polar surface area (TPSA) is 91.7 Å². The second-order valence-electron chi connectivity index (χ2n) is 4.11. The molecule has 0 aliphatic carbocycles. The molecule has 110 valence electrons. The van der Waals surface area contributed by atoms with E-state index in [1.807, 2.05) is 0 Å². The molecule has 2 N–H and O–H groups in total. The minimum atomic E-state index is -1.26. The quantitative estimate of drug-likeness (QED) is 0.497. The van der Waals surface area contributed by atoms with Gasteiger partial charge < -0.3 is 10.2 Å². The molecule has 0 aliphatic heterocycles. The molecule has 0 aromatic carbocycles. The lowest BCUT2D eigenvalue weighted by Gasteiger charge is -1.97. The van der Waals surface area contributed by atoms with Gasteiger partial charge in [-0.3, -0.25) is 4.79 Å². The molecule has 0 atom stereocenters. The fourth-order valence-corrected chi connectivity index (χ4v) is 1.21. The summed E-state index contributed by atoms with van der Waals surface area (Å²) in [5.74, 6) is -2.06. The molecular weight excluding hydrogens is 248 g/mol. The van der Waals surface area contributed by atoms with Crippen LogP contribution in [0, 0.1) is 0 Å². The molecule has 0 radical (unpaired) electrons. The van der Waals surface area contributed by atoms with Gasteiger partial charge in [0.05, 0.1) is 0 Å². The van der Waals surface area contributed by atoms with E-state index in [2.05, 4.69) is 13.8 Å². The Kier molecular flexibility index (Phi) is 14.9. The summed E-state index contributed by atoms with van der Waals surface area (Å²) in [6.45, 7) is 4.29. The minimum Gasteiger partial charge on any atom is -0.478 e. The van der Waals surface area contributed by atoms with Crippen LogP contribution in [-0.2, 0) is 14.4 Å². The lowest BCUT2D eigenvalue weighted by molar-refractivity contribution is -0.134. The average molecular weight is 272 g/mol. The van der Waals surface area contributed by atoms with Crippen molar-refractivity contribution in [1.82, 2.24) is 0 Å². The van der Waals surface area contributed by atoms with Gasteiger partial charge >= 0.3 is 11.9 Å². The summed E-state index contributed by atoms with van der Waals surface area (Å²) < 4.78 is 0. The second kappa shape index (κ2) is 14.4. The summed E-state index contributed by atoms with van der Waals surface area (Å²) in [6, 6.07) is 0. The van der Waals surface area contributed by atoms with E-state index < -0.39 is 11.9 Å². The lowest BCUT2D eigenvalue weighted by atomic mass is 10.1. The molecule has 0 rings (SSSR count). The summed E-state index contributed by atoms with van der Waals surface area (Å²) in [6.07, 6.45) is 8.46. The summed E-state index contributed by atoms with van der Waals surface area (Å²) in [4.78, 5) is 30.2. The van der Waals surface area contributed by atoms with Gasteiger partial charge in [0.25, 0.3) is 0 Å². The third kappa shape index (κ3) is 22.1. The Morgan fingerprint density at radius 3 is 1.58 bits per heavy atom. The van der Waals surface area contributed by atoms with Crippen LogP contribution < -0.4 is 0 Å². The van der Waals surface area contributed by atoms with Crippen LogP contribution in [-0.4, -0.2) is 27.9 Å². The Morgan fingerprint density at radius 2 is 1.21 bits per heavy atom. The van der Waals surface area contributed by atoms with Crippen LogP contribution in [0.2, 0.25) is 0 Å². The number of carbonyl (C=O) groups is 3. The first-order valence-electron chi connectivity index (χ1n) is 6.59. The number of ketones is 1. The van der Waals surface area contributed by atoms with Crippen LogP contribution >= 0.6 is 0 Å². The summed E-state index contributed by atoms with van der Waals surface area (Å²) in [5, 5.41) is 15.6. The molecule has 0 aromatic rings. The van der Waals surface area contributed by atoms with Crippen molar-refractivity contribution >= 4 is 17.7 Å². The van der Waals surface area contributed by atoms with Gasteiger partial charge in [0.15, 0.2) is 0 Å². The molecule has 0 saturated heterocycles. The largest absolute Gasteiger partial charge is 0.478 e. The molecule has 0 heterocycles. The van der Waals surface area contributed by atoms with Gasteiger partial charge in [-0.1, -0.05) is 33.1 Å². The summed E-state index contributed by atoms with van der Waals surface area (Å²) in [7, 11) is 0. The molecule has 0 aromatic heterocycles. The van der Waals surface area contributed by atoms with Crippen molar-refractivity contribution < 1.29 is 24.6 Å². The van der Waals surface area contributed by atoms with E-state index in [9.17, 15) is 14.4 Å². The number of aliphatic carboxylic acids is 2. The van der Waals surface area contributed by atoms with Gasteiger partial charge in [-0.15, -0.1) is 0 Å². The maximum Gasteiger partial charge on any atom is 0.328 e. The molecule has 0 amide bonds. The monoisotopic (exact) mass is 272 g/mol. The van der Waals surface area contributed by atoms with Gasteiger partial charge in [-0.25, -0.2) is 9.59 Å². The van der Waals surface area contributed by atoms with Crippen molar-refractivity contribution in [3.63, 3.8) is 0 Å². The first kappa shape index (κ1) is 19.7. The molecule has 0 fully saturated rings. The van der Waals surface area contributed by atoms with Crippen LogP contribution in [0.3, 0.4) is 0 Å². The summed E-state index contributed by atoms with van der Waals surface area (Å²) in [5.41, 5.74) is 0. The van der Waals surface area contributed by atoms with Crippen LogP contribution in [0.5, 0.6) is 0 Å². The Bertz CT molecular complexity index is 278. The van der Waals surface area contributed by atoms with Gasteiger partial charge in [-0.05, 0) is 12.8 Å². The normalized spacial score (nSPS) is 9.79. The van der Waals surface area contributed by atoms with E-state index in [1.54, 1.807) is 0 Å². The molecule has 0 bridgehead atoms. The van der Waals surface area contributed by atoms with Gasteiger partial charge in [0.1, 0.15) is 5.78 Å². The van der Waals surface area contributed by atoms with Crippen LogP contribution in [0.25, 0.3) is 0 Å². The van der Waals surface area contributed by atoms with Gasteiger partial charge in [0.2, 0.25) is 0 Å². The first-order chi connectivity index (χ1) is 8.93. The molecule has 19 heavy (non-hydrogen) atoms. The molecule has 0 spiro atoms. The van der Waals surface area contributed by atoms with E-state index in [0.717, 1.165) is 32.1 Å². The number of unbranched alkanes of at least 4 members (excludes halogenated alkanes) is 3. The van der Waals surface area contributed by atoms with E-state index in [-0.39, 0.29) is 0 Å². The van der Waals surface area contributed by atoms with Crippen LogP contribution in [0.15, 0.2) is 12.2 Å². The van der Waals surface area contributed by atoms with E-state index in [4.69, 9.17) is 10.2 Å². The Balaban J connectivity index is 0. The zero-order valence-electron chi connectivity index (χ0n) is 11.7. The average Bonchev–Trinajstić information content (AvgIpc) is 2.35. The number of rotatable bonds is 9. The van der Waals surface area contributed by atoms with Crippen molar-refractivity contribution in [2.75, 3.05) is 0 Å². The van der Waals surface area contributed by atoms with Crippen molar-refractivity contribution in [1.29, 1.82) is 0 Å². The number of hydrogen-bond acceptors (Lipinski definition) is 3. The van der Waals surface area contributed by atoms with Crippen molar-refractivity contribution in [3.8, 4) is 0 Å². The maximum atomic E-state index is 11.1. The lowest BCUT2D eigenvalue weighted by Crippen LogP contribution is -1.96. The first-order valence-corrected chi connectivity index (χ1v) is 6.59. The summed E-state index contributed by atoms with van der Waals surface area (Å²) >= 11 is 0. The van der Waals surface area contributed by atoms with Gasteiger partial charge in [-0.2, -0.15) is 0 Å². The molecule has 0 saturated carbocycles. The van der Waals surface area contributed by atoms with Crippen LogP contribution in [0.1, 0.15) is 58.8 Å². The Morgan fingerprint density at radius 1 is 0.789 bits per heavy atom. The number of hydrogen-bond donors (Lipinski definition) is 2. The highest BCUT2D eigenvalue weighted by Crippen LogP contribution is 2.04. The predicted molar refractivity (Wildman–Crippen MR) is 73.1 cm³/mol. The van der Waals surface area contributed by atoms with E-state index in [0.29, 0.717) is 17.9 Å². The fourth-order valence-electron chi connectivity index (χ4n) is 1.21. The zero-order valence-corrected chi connectivity index (χ0v) is 11.7. The highest BCUT2D eigenvalue weighted by Gasteiger charge is 1.99. The predicted octanol–water partition coefficient (Wildman–Crippen LogP) is 3.04. The SMILES string of the molecule is CCCCCC(=O)CCCC.O=C(O)/C=C/C(=O)O. The Hall–Kier alpha value is -1.65. The molecular formula is C14H24O5. The zero-order chi connectivity index (χ0) is 15.1. The minimum absolute atomic E-state index is 0.459. The highest BCUT2D eigenvalue weighted by molar-refractivity contribution is 5.89. The highest BCUT2D eigenvalue weighted by atomic mass is 16.4. The van der Waals surface area contributed by atoms with Gasteiger partial charge in [0, 0.05) is 25.0 Å². The van der Waals surface area contributed by atoms with Crippen molar-refractivity contribution in [2.45, 2.75) is 58.8 Å². The van der Waals surface area contributed by atoms with E-state index >= 15 is 0 Å². The number of carboxylic acid groups (broad SMARTS) is 2. The van der Waals surface area contributed by atoms with E-state index in [1.165, 1.54) is 12.8 Å². The second-order valence-corrected chi connectivity index (χ2v) is 4.11. The molecule has 5 heteroatoms. The maximum absolute atomic E-state index is 11.1. The smallest absolute Gasteiger partial charge is 0.328 e. The molecule has 5 nitrogen and oxygen atoms in total. The number of carbonyl (C=O) groups excluding carboxylic acids is 1. The third-order valence-electron chi connectivity index (χ3n) is 2.24.